The van der Waals surface area contributed by atoms with E-state index < -0.39 is 0 Å². The number of carbonyl (C=O) groups excluding carboxylic acids is 1. The molecule has 1 aliphatic heterocycles. The Morgan fingerprint density at radius 2 is 2.25 bits per heavy atom. The topological polar surface area (TPSA) is 54.9 Å². The first-order chi connectivity index (χ1) is 5.70. The van der Waals surface area contributed by atoms with Crippen LogP contribution in [0.4, 0.5) is 0 Å². The number of nitrogens with one attached hydrogen (secondary N) is 1. The average molecular weight is 184 g/mol. The number of aromatic nitrogens is 2. The van der Waals surface area contributed by atoms with Crippen LogP contribution in [0.2, 0.25) is 5.15 Å². The van der Waals surface area contributed by atoms with Crippen LogP contribution in [0.15, 0.2) is 0 Å². The molecule has 0 unspecified atom stereocenters. The fourth-order valence-electron chi connectivity index (χ4n) is 1.27. The highest BCUT2D eigenvalue weighted by Gasteiger charge is 2.24. The molecule has 1 N–H and O–H groups in total. The summed E-state index contributed by atoms with van der Waals surface area (Å²) < 4.78 is 0. The Hall–Kier alpha value is -1.16. The van der Waals surface area contributed by atoms with E-state index in [1.807, 2.05) is 0 Å². The molecule has 0 saturated carbocycles. The molecule has 0 bridgehead atoms. The molecule has 0 aliphatic carbocycles. The van der Waals surface area contributed by atoms with E-state index >= 15 is 0 Å². The zero-order valence-electron chi connectivity index (χ0n) is 6.39. The molecule has 1 amide bonds. The van der Waals surface area contributed by atoms with Gasteiger partial charge < -0.3 is 5.32 Å². The van der Waals surface area contributed by atoms with Gasteiger partial charge in [-0.25, -0.2) is 0 Å². The van der Waals surface area contributed by atoms with Gasteiger partial charge in [0.15, 0.2) is 5.15 Å². The molecule has 0 saturated heterocycles. The third-order valence-corrected chi connectivity index (χ3v) is 2.16. The van der Waals surface area contributed by atoms with Crippen molar-refractivity contribution < 1.29 is 4.79 Å². The molecule has 1 aliphatic rings. The molecule has 62 valence electrons. The Morgan fingerprint density at radius 3 is 2.92 bits per heavy atom. The van der Waals surface area contributed by atoms with E-state index in [2.05, 4.69) is 15.5 Å². The van der Waals surface area contributed by atoms with Crippen LogP contribution in [0.1, 0.15) is 21.6 Å². The lowest BCUT2D eigenvalue weighted by atomic mass is 10.1. The smallest absolute Gasteiger partial charge is 0.253 e. The Kier molecular flexibility index (Phi) is 1.51. The van der Waals surface area contributed by atoms with Gasteiger partial charge in [0.1, 0.15) is 0 Å². The zero-order valence-corrected chi connectivity index (χ0v) is 7.14. The maximum atomic E-state index is 11.2. The number of hydrogen-bond acceptors (Lipinski definition) is 3. The second-order valence-corrected chi connectivity index (χ2v) is 2.97. The molecule has 1 aromatic rings. The van der Waals surface area contributed by atoms with Gasteiger partial charge in [0.25, 0.3) is 5.91 Å². The van der Waals surface area contributed by atoms with Gasteiger partial charge >= 0.3 is 0 Å². The molecule has 0 fully saturated rings. The molecule has 0 radical (unpaired) electrons. The number of amides is 1. The summed E-state index contributed by atoms with van der Waals surface area (Å²) in [4.78, 5) is 11.2. The van der Waals surface area contributed by atoms with Gasteiger partial charge in [-0.3, -0.25) is 4.79 Å². The lowest BCUT2D eigenvalue weighted by molar-refractivity contribution is 0.0965. The van der Waals surface area contributed by atoms with E-state index in [1.54, 1.807) is 6.92 Å². The summed E-state index contributed by atoms with van der Waals surface area (Å²) >= 11 is 5.74. The molecule has 2 heterocycles. The summed E-state index contributed by atoms with van der Waals surface area (Å²) in [5, 5.41) is 10.4. The molecular formula is C7H6ClN3O. The zero-order chi connectivity index (χ0) is 8.72. The van der Waals surface area contributed by atoms with Crippen molar-refractivity contribution >= 4 is 17.5 Å². The highest BCUT2D eigenvalue weighted by molar-refractivity contribution is 6.30. The van der Waals surface area contributed by atoms with Crippen molar-refractivity contribution in [2.75, 3.05) is 0 Å². The molecule has 1 aromatic heterocycles. The van der Waals surface area contributed by atoms with E-state index in [-0.39, 0.29) is 5.91 Å². The van der Waals surface area contributed by atoms with Crippen LogP contribution in [-0.4, -0.2) is 16.1 Å². The summed E-state index contributed by atoms with van der Waals surface area (Å²) in [5.41, 5.74) is 1.97. The molecule has 12 heavy (non-hydrogen) atoms. The van der Waals surface area contributed by atoms with Gasteiger partial charge in [0, 0.05) is 12.1 Å². The minimum absolute atomic E-state index is 0.112. The van der Waals surface area contributed by atoms with Crippen LogP contribution in [0.25, 0.3) is 0 Å². The summed E-state index contributed by atoms with van der Waals surface area (Å²) in [6.07, 6.45) is 0. The largest absolute Gasteiger partial charge is 0.348 e. The summed E-state index contributed by atoms with van der Waals surface area (Å²) in [6, 6.07) is 0. The molecule has 4 nitrogen and oxygen atoms in total. The van der Waals surface area contributed by atoms with Crippen molar-refractivity contribution in [3.05, 3.63) is 22.0 Å². The van der Waals surface area contributed by atoms with E-state index in [9.17, 15) is 4.79 Å². The van der Waals surface area contributed by atoms with Crippen molar-refractivity contribution in [1.29, 1.82) is 0 Å². The molecule has 0 spiro atoms. The predicted octanol–water partition coefficient (Wildman–Crippen LogP) is 0.682. The summed E-state index contributed by atoms with van der Waals surface area (Å²) in [7, 11) is 0. The van der Waals surface area contributed by atoms with Crippen molar-refractivity contribution in [2.24, 2.45) is 0 Å². The van der Waals surface area contributed by atoms with Crippen molar-refractivity contribution in [2.45, 2.75) is 13.5 Å². The number of fused-ring (bicyclic) bond motifs is 1. The Labute approximate surface area is 73.9 Å². The average Bonchev–Trinajstić information content (AvgIpc) is 2.42. The fraction of sp³-hybridized carbons (Fsp3) is 0.286. The summed E-state index contributed by atoms with van der Waals surface area (Å²) in [6.45, 7) is 2.20. The normalized spacial score (nSPS) is 14.3. The Balaban J connectivity index is 2.72. The van der Waals surface area contributed by atoms with Gasteiger partial charge in [0.05, 0.1) is 11.3 Å². The van der Waals surface area contributed by atoms with Gasteiger partial charge in [0.2, 0.25) is 0 Å². The predicted molar refractivity (Wildman–Crippen MR) is 42.9 cm³/mol. The van der Waals surface area contributed by atoms with Gasteiger partial charge in [-0.1, -0.05) is 11.6 Å². The number of carbonyl (C=O) groups is 1. The maximum Gasteiger partial charge on any atom is 0.253 e. The number of aryl methyl sites for hydroxylation is 1. The van der Waals surface area contributed by atoms with Gasteiger partial charge in [-0.2, -0.15) is 5.10 Å². The first-order valence-electron chi connectivity index (χ1n) is 3.50. The van der Waals surface area contributed by atoms with Gasteiger partial charge in [-0.15, -0.1) is 5.10 Å². The summed E-state index contributed by atoms with van der Waals surface area (Å²) in [5.74, 6) is -0.112. The van der Waals surface area contributed by atoms with E-state index in [0.29, 0.717) is 23.0 Å². The minimum atomic E-state index is -0.112. The van der Waals surface area contributed by atoms with Crippen molar-refractivity contribution in [3.8, 4) is 0 Å². The molecule has 0 aromatic carbocycles. The molecule has 2 rings (SSSR count). The highest BCUT2D eigenvalue weighted by Crippen LogP contribution is 2.22. The number of rotatable bonds is 0. The first kappa shape index (κ1) is 7.49. The second kappa shape index (κ2) is 2.42. The van der Waals surface area contributed by atoms with Crippen molar-refractivity contribution in [3.63, 3.8) is 0 Å². The molecule has 5 heteroatoms. The van der Waals surface area contributed by atoms with Crippen LogP contribution >= 0.6 is 11.6 Å². The highest BCUT2D eigenvalue weighted by atomic mass is 35.5. The van der Waals surface area contributed by atoms with Crippen molar-refractivity contribution in [1.82, 2.24) is 15.5 Å². The lowest BCUT2D eigenvalue weighted by Crippen LogP contribution is -2.13. The molecule has 0 atom stereocenters. The Bertz CT molecular complexity index is 364. The van der Waals surface area contributed by atoms with Crippen LogP contribution in [0.3, 0.4) is 0 Å². The quantitative estimate of drug-likeness (QED) is 0.644. The van der Waals surface area contributed by atoms with Crippen LogP contribution in [0.5, 0.6) is 0 Å². The number of nitrogens with zero attached hydrogens (tertiary/aromatic N) is 2. The maximum absolute atomic E-state index is 11.2. The second-order valence-electron chi connectivity index (χ2n) is 2.61. The lowest BCUT2D eigenvalue weighted by Gasteiger charge is -1.98. The van der Waals surface area contributed by atoms with Crippen LogP contribution in [-0.2, 0) is 6.54 Å². The van der Waals surface area contributed by atoms with E-state index in [0.717, 1.165) is 5.56 Å². The SMILES string of the molecule is Cc1nnc(Cl)c2c1C(=O)NC2. The minimum Gasteiger partial charge on any atom is -0.348 e. The third kappa shape index (κ3) is 0.881. The first-order valence-corrected chi connectivity index (χ1v) is 3.88. The monoisotopic (exact) mass is 183 g/mol. The molecular weight excluding hydrogens is 178 g/mol. The standard InChI is InChI=1S/C7H6ClN3O/c1-3-5-4(2-9-7(5)12)6(8)11-10-3/h2H2,1H3,(H,9,12). The fourth-order valence-corrected chi connectivity index (χ4v) is 1.47. The van der Waals surface area contributed by atoms with E-state index in [1.165, 1.54) is 0 Å². The van der Waals surface area contributed by atoms with Gasteiger partial charge in [-0.05, 0) is 6.92 Å². The van der Waals surface area contributed by atoms with Crippen LogP contribution in [0, 0.1) is 6.92 Å². The Morgan fingerprint density at radius 1 is 1.50 bits per heavy atom. The third-order valence-electron chi connectivity index (χ3n) is 1.85. The van der Waals surface area contributed by atoms with Crippen LogP contribution < -0.4 is 5.32 Å². The number of halogens is 1. The number of hydrogen-bond donors (Lipinski definition) is 1. The van der Waals surface area contributed by atoms with E-state index in [4.69, 9.17) is 11.6 Å².